The second kappa shape index (κ2) is 6.07. The summed E-state index contributed by atoms with van der Waals surface area (Å²) < 4.78 is 5.03. The van der Waals surface area contributed by atoms with Crippen LogP contribution in [0.3, 0.4) is 0 Å². The van der Waals surface area contributed by atoms with Crippen molar-refractivity contribution in [2.24, 2.45) is 0 Å². The highest BCUT2D eigenvalue weighted by molar-refractivity contribution is 5.81. The van der Waals surface area contributed by atoms with Crippen molar-refractivity contribution in [3.63, 3.8) is 0 Å². The number of hydrogen-bond donors (Lipinski definition) is 1. The largest absolute Gasteiger partial charge is 0.460 e. The van der Waals surface area contributed by atoms with E-state index >= 15 is 0 Å². The minimum absolute atomic E-state index is 0.0771. The lowest BCUT2D eigenvalue weighted by Crippen LogP contribution is -2.27. The average molecular weight is 211 g/mol. The molecule has 4 heteroatoms. The van der Waals surface area contributed by atoms with Crippen LogP contribution in [0.2, 0.25) is 0 Å². The van der Waals surface area contributed by atoms with Crippen LogP contribution in [0.15, 0.2) is 0 Å². The smallest absolute Gasteiger partial charge is 0.306 e. The summed E-state index contributed by atoms with van der Waals surface area (Å²) in [5.74, 6) is 1.66. The molecule has 0 aliphatic carbocycles. The number of nitrogens with one attached hydrogen (secondary N) is 1. The molecule has 0 aromatic heterocycles. The Labute approximate surface area is 90.4 Å². The fraction of sp³-hybridized carbons (Fsp3) is 0.636. The Kier molecular flexibility index (Phi) is 5.46. The van der Waals surface area contributed by atoms with Crippen molar-refractivity contribution in [1.82, 2.24) is 5.32 Å². The van der Waals surface area contributed by atoms with E-state index in [2.05, 4.69) is 11.2 Å². The molecule has 1 N–H and O–H groups in total. The maximum Gasteiger partial charge on any atom is 0.306 e. The quantitative estimate of drug-likeness (QED) is 0.554. The summed E-state index contributed by atoms with van der Waals surface area (Å²) in [6.07, 6.45) is 5.14. The third-order valence-corrected chi connectivity index (χ3v) is 1.36. The van der Waals surface area contributed by atoms with Gasteiger partial charge in [0, 0.05) is 6.42 Å². The number of esters is 1. The van der Waals surface area contributed by atoms with Crippen LogP contribution in [-0.4, -0.2) is 24.0 Å². The van der Waals surface area contributed by atoms with E-state index in [1.807, 2.05) is 0 Å². The Morgan fingerprint density at radius 3 is 2.40 bits per heavy atom. The molecular weight excluding hydrogens is 194 g/mol. The van der Waals surface area contributed by atoms with Crippen LogP contribution < -0.4 is 5.32 Å². The summed E-state index contributed by atoms with van der Waals surface area (Å²) in [5.41, 5.74) is -0.508. The molecule has 0 saturated heterocycles. The highest BCUT2D eigenvalue weighted by Crippen LogP contribution is 2.08. The molecule has 0 saturated carbocycles. The van der Waals surface area contributed by atoms with Gasteiger partial charge in [-0.05, 0) is 20.8 Å². The second-order valence-electron chi connectivity index (χ2n) is 4.07. The fourth-order valence-electron chi connectivity index (χ4n) is 0.846. The molecule has 0 aliphatic heterocycles. The van der Waals surface area contributed by atoms with Crippen LogP contribution in [-0.2, 0) is 14.3 Å². The summed E-state index contributed by atoms with van der Waals surface area (Å²) >= 11 is 0. The highest BCUT2D eigenvalue weighted by Gasteiger charge is 2.16. The van der Waals surface area contributed by atoms with Gasteiger partial charge in [0.25, 0.3) is 0 Å². The van der Waals surface area contributed by atoms with Gasteiger partial charge < -0.3 is 10.1 Å². The lowest BCUT2D eigenvalue weighted by molar-refractivity contribution is -0.155. The van der Waals surface area contributed by atoms with Crippen LogP contribution in [0.1, 0.15) is 33.6 Å². The molecule has 0 bridgehead atoms. The zero-order valence-corrected chi connectivity index (χ0v) is 9.42. The lowest BCUT2D eigenvalue weighted by Gasteiger charge is -2.19. The van der Waals surface area contributed by atoms with Gasteiger partial charge in [0.2, 0.25) is 5.91 Å². The molecule has 0 fully saturated rings. The van der Waals surface area contributed by atoms with E-state index in [9.17, 15) is 9.59 Å². The van der Waals surface area contributed by atoms with E-state index in [4.69, 9.17) is 11.2 Å². The molecule has 4 nitrogen and oxygen atoms in total. The first-order chi connectivity index (χ1) is 6.85. The molecule has 1 amide bonds. The first kappa shape index (κ1) is 13.5. The van der Waals surface area contributed by atoms with Crippen molar-refractivity contribution in [2.75, 3.05) is 6.54 Å². The number of rotatable bonds is 4. The second-order valence-corrected chi connectivity index (χ2v) is 4.07. The molecule has 0 aliphatic rings. The molecule has 0 unspecified atom stereocenters. The molecule has 15 heavy (non-hydrogen) atoms. The third-order valence-electron chi connectivity index (χ3n) is 1.36. The van der Waals surface area contributed by atoms with Crippen LogP contribution in [0, 0.1) is 12.3 Å². The molecule has 0 atom stereocenters. The van der Waals surface area contributed by atoms with Crippen LogP contribution in [0.5, 0.6) is 0 Å². The van der Waals surface area contributed by atoms with Crippen molar-refractivity contribution >= 4 is 11.9 Å². The van der Waals surface area contributed by atoms with Crippen molar-refractivity contribution in [1.29, 1.82) is 0 Å². The van der Waals surface area contributed by atoms with Crippen molar-refractivity contribution in [3.8, 4) is 12.3 Å². The van der Waals surface area contributed by atoms with E-state index in [-0.39, 0.29) is 31.3 Å². The topological polar surface area (TPSA) is 55.4 Å². The standard InChI is InChI=1S/C11H17NO3/c1-5-8-12-9(13)6-7-10(14)15-11(2,3)4/h1H,6-8H2,2-4H3,(H,12,13). The highest BCUT2D eigenvalue weighted by atomic mass is 16.6. The molecule has 0 rings (SSSR count). The predicted octanol–water partition coefficient (Wildman–Crippen LogP) is 0.858. The summed E-state index contributed by atoms with van der Waals surface area (Å²) in [5, 5.41) is 2.47. The number of ether oxygens (including phenoxy) is 1. The molecule has 0 heterocycles. The summed E-state index contributed by atoms with van der Waals surface area (Å²) in [6.45, 7) is 5.53. The van der Waals surface area contributed by atoms with E-state index in [1.54, 1.807) is 20.8 Å². The van der Waals surface area contributed by atoms with Crippen molar-refractivity contribution < 1.29 is 14.3 Å². The fourth-order valence-corrected chi connectivity index (χ4v) is 0.846. The van der Waals surface area contributed by atoms with E-state index in [0.29, 0.717) is 0 Å². The SMILES string of the molecule is C#CCNC(=O)CCC(=O)OC(C)(C)C. The van der Waals surface area contributed by atoms with Gasteiger partial charge in [0.05, 0.1) is 13.0 Å². The normalized spacial score (nSPS) is 10.3. The Balaban J connectivity index is 3.73. The zero-order chi connectivity index (χ0) is 11.9. The Hall–Kier alpha value is -1.50. The summed E-state index contributed by atoms with van der Waals surface area (Å²) in [7, 11) is 0. The molecule has 0 spiro atoms. The number of carbonyl (C=O) groups is 2. The van der Waals surface area contributed by atoms with Crippen LogP contribution >= 0.6 is 0 Å². The number of hydrogen-bond acceptors (Lipinski definition) is 3. The van der Waals surface area contributed by atoms with Gasteiger partial charge in [-0.15, -0.1) is 6.42 Å². The molecule has 0 radical (unpaired) electrons. The van der Waals surface area contributed by atoms with Gasteiger partial charge in [-0.1, -0.05) is 5.92 Å². The zero-order valence-electron chi connectivity index (χ0n) is 9.42. The third kappa shape index (κ3) is 8.82. The molecule has 0 aromatic rings. The molecule has 0 aromatic carbocycles. The average Bonchev–Trinajstić information content (AvgIpc) is 2.08. The van der Waals surface area contributed by atoms with E-state index < -0.39 is 5.60 Å². The van der Waals surface area contributed by atoms with Gasteiger partial charge in [-0.25, -0.2) is 0 Å². The first-order valence-corrected chi connectivity index (χ1v) is 4.77. The summed E-state index contributed by atoms with van der Waals surface area (Å²) in [4.78, 5) is 22.3. The lowest BCUT2D eigenvalue weighted by atomic mass is 10.2. The number of amides is 1. The summed E-state index contributed by atoms with van der Waals surface area (Å²) in [6, 6.07) is 0. The molecular formula is C11H17NO3. The molecule has 84 valence electrons. The van der Waals surface area contributed by atoms with Gasteiger partial charge in [-0.2, -0.15) is 0 Å². The Morgan fingerprint density at radius 1 is 1.33 bits per heavy atom. The van der Waals surface area contributed by atoms with Crippen LogP contribution in [0.4, 0.5) is 0 Å². The van der Waals surface area contributed by atoms with Crippen molar-refractivity contribution in [2.45, 2.75) is 39.2 Å². The minimum atomic E-state index is -0.508. The number of carbonyl (C=O) groups excluding carboxylic acids is 2. The first-order valence-electron chi connectivity index (χ1n) is 4.77. The monoisotopic (exact) mass is 211 g/mol. The van der Waals surface area contributed by atoms with Gasteiger partial charge in [-0.3, -0.25) is 9.59 Å². The predicted molar refractivity (Wildman–Crippen MR) is 56.9 cm³/mol. The van der Waals surface area contributed by atoms with Crippen LogP contribution in [0.25, 0.3) is 0 Å². The Bertz CT molecular complexity index is 271. The maximum absolute atomic E-state index is 11.2. The van der Waals surface area contributed by atoms with E-state index in [0.717, 1.165) is 0 Å². The van der Waals surface area contributed by atoms with Gasteiger partial charge in [0.15, 0.2) is 0 Å². The van der Waals surface area contributed by atoms with Gasteiger partial charge >= 0.3 is 5.97 Å². The van der Waals surface area contributed by atoms with Gasteiger partial charge in [0.1, 0.15) is 5.60 Å². The Morgan fingerprint density at radius 2 is 1.93 bits per heavy atom. The van der Waals surface area contributed by atoms with Crippen molar-refractivity contribution in [3.05, 3.63) is 0 Å². The van der Waals surface area contributed by atoms with E-state index in [1.165, 1.54) is 0 Å². The number of terminal acetylenes is 1. The maximum atomic E-state index is 11.2. The minimum Gasteiger partial charge on any atom is -0.460 e.